The van der Waals surface area contributed by atoms with Crippen molar-refractivity contribution in [3.05, 3.63) is 59.4 Å². The number of ether oxygens (including phenoxy) is 2. The van der Waals surface area contributed by atoms with Gasteiger partial charge < -0.3 is 14.8 Å². The Kier molecular flexibility index (Phi) is 5.23. The molecule has 3 rings (SSSR count). The van der Waals surface area contributed by atoms with Gasteiger partial charge in [0.2, 0.25) is 0 Å². The van der Waals surface area contributed by atoms with E-state index in [0.717, 1.165) is 37.1 Å². The molecule has 0 aromatic heterocycles. The fourth-order valence-electron chi connectivity index (χ4n) is 2.55. The van der Waals surface area contributed by atoms with Crippen LogP contribution < -0.4 is 10.1 Å². The summed E-state index contributed by atoms with van der Waals surface area (Å²) >= 11 is 0. The number of rotatable bonds is 5. The van der Waals surface area contributed by atoms with Crippen molar-refractivity contribution in [3.63, 3.8) is 0 Å². The standard InChI is InChI=1S/C18H16F3NO3/c19-11-3-5-15(21)14(8-11)18(23)22-16-9-12(20)4-6-17(16)25-10-13-2-1-7-24-13/h3-6,8-9,13H,1-2,7,10H2,(H,22,23). The monoisotopic (exact) mass is 351 g/mol. The van der Waals surface area contributed by atoms with Crippen LogP contribution in [-0.4, -0.2) is 25.2 Å². The highest BCUT2D eigenvalue weighted by Crippen LogP contribution is 2.27. The van der Waals surface area contributed by atoms with Crippen LogP contribution in [-0.2, 0) is 4.74 Å². The van der Waals surface area contributed by atoms with Gasteiger partial charge in [0.15, 0.2) is 0 Å². The van der Waals surface area contributed by atoms with Crippen LogP contribution in [0.1, 0.15) is 23.2 Å². The molecule has 1 fully saturated rings. The largest absolute Gasteiger partial charge is 0.489 e. The van der Waals surface area contributed by atoms with Crippen molar-refractivity contribution in [2.75, 3.05) is 18.5 Å². The summed E-state index contributed by atoms with van der Waals surface area (Å²) in [5, 5.41) is 2.36. The van der Waals surface area contributed by atoms with E-state index in [1.165, 1.54) is 12.1 Å². The van der Waals surface area contributed by atoms with Crippen LogP contribution in [0.4, 0.5) is 18.9 Å². The second-order valence-electron chi connectivity index (χ2n) is 5.66. The maximum Gasteiger partial charge on any atom is 0.258 e. The Morgan fingerprint density at radius 2 is 1.92 bits per heavy atom. The lowest BCUT2D eigenvalue weighted by Gasteiger charge is -2.15. The van der Waals surface area contributed by atoms with E-state index in [2.05, 4.69) is 5.32 Å². The lowest BCUT2D eigenvalue weighted by molar-refractivity contribution is 0.0681. The molecule has 25 heavy (non-hydrogen) atoms. The zero-order valence-electron chi connectivity index (χ0n) is 13.2. The van der Waals surface area contributed by atoms with Crippen molar-refractivity contribution in [2.24, 2.45) is 0 Å². The van der Waals surface area contributed by atoms with Crippen molar-refractivity contribution in [2.45, 2.75) is 18.9 Å². The van der Waals surface area contributed by atoms with Crippen LogP contribution in [0.15, 0.2) is 36.4 Å². The normalized spacial score (nSPS) is 16.7. The second kappa shape index (κ2) is 7.57. The third kappa shape index (κ3) is 4.30. The molecule has 0 saturated carbocycles. The molecule has 7 heteroatoms. The highest BCUT2D eigenvalue weighted by Gasteiger charge is 2.19. The Morgan fingerprint density at radius 1 is 1.16 bits per heavy atom. The van der Waals surface area contributed by atoms with Crippen LogP contribution in [0.5, 0.6) is 5.75 Å². The van der Waals surface area contributed by atoms with Crippen LogP contribution in [0.3, 0.4) is 0 Å². The third-order valence-corrected chi connectivity index (χ3v) is 3.81. The van der Waals surface area contributed by atoms with Crippen molar-refractivity contribution in [1.29, 1.82) is 0 Å². The molecule has 1 N–H and O–H groups in total. The minimum absolute atomic E-state index is 0.0339. The maximum absolute atomic E-state index is 13.7. The van der Waals surface area contributed by atoms with Gasteiger partial charge in [0.1, 0.15) is 29.8 Å². The summed E-state index contributed by atoms with van der Waals surface area (Å²) in [5.74, 6) is -2.90. The number of nitrogens with one attached hydrogen (secondary N) is 1. The molecule has 2 aromatic carbocycles. The van der Waals surface area contributed by atoms with Crippen LogP contribution in [0.2, 0.25) is 0 Å². The van der Waals surface area contributed by atoms with Gasteiger partial charge >= 0.3 is 0 Å². The number of benzene rings is 2. The van der Waals surface area contributed by atoms with E-state index in [4.69, 9.17) is 9.47 Å². The topological polar surface area (TPSA) is 47.6 Å². The van der Waals surface area contributed by atoms with Gasteiger partial charge in [0.05, 0.1) is 17.4 Å². The number of hydrogen-bond acceptors (Lipinski definition) is 3. The molecule has 1 saturated heterocycles. The molecule has 1 heterocycles. The molecule has 132 valence electrons. The Balaban J connectivity index is 1.77. The third-order valence-electron chi connectivity index (χ3n) is 3.81. The fourth-order valence-corrected chi connectivity index (χ4v) is 2.55. The predicted molar refractivity (Wildman–Crippen MR) is 85.2 cm³/mol. The summed E-state index contributed by atoms with van der Waals surface area (Å²) in [4.78, 5) is 12.2. The summed E-state index contributed by atoms with van der Waals surface area (Å²) in [5.41, 5.74) is -0.444. The minimum Gasteiger partial charge on any atom is -0.489 e. The first-order valence-corrected chi connectivity index (χ1v) is 7.83. The molecule has 1 unspecified atom stereocenters. The Hall–Kier alpha value is -2.54. The van der Waals surface area contributed by atoms with E-state index >= 15 is 0 Å². The first-order valence-electron chi connectivity index (χ1n) is 7.83. The quantitative estimate of drug-likeness (QED) is 0.888. The van der Waals surface area contributed by atoms with Gasteiger partial charge in [-0.3, -0.25) is 4.79 Å². The Labute approximate surface area is 142 Å². The number of carbonyl (C=O) groups excluding carboxylic acids is 1. The SMILES string of the molecule is O=C(Nc1cc(F)ccc1OCC1CCCO1)c1cc(F)ccc1F. The number of amides is 1. The van der Waals surface area contributed by atoms with E-state index in [1.54, 1.807) is 0 Å². The van der Waals surface area contributed by atoms with Gasteiger partial charge in [-0.25, -0.2) is 13.2 Å². The lowest BCUT2D eigenvalue weighted by Crippen LogP contribution is -2.18. The number of hydrogen-bond donors (Lipinski definition) is 1. The molecule has 4 nitrogen and oxygen atoms in total. The number of anilines is 1. The van der Waals surface area contributed by atoms with Gasteiger partial charge in [0.25, 0.3) is 5.91 Å². The van der Waals surface area contributed by atoms with E-state index in [-0.39, 0.29) is 24.1 Å². The second-order valence-corrected chi connectivity index (χ2v) is 5.66. The molecule has 1 aliphatic rings. The van der Waals surface area contributed by atoms with Gasteiger partial charge in [0, 0.05) is 12.7 Å². The minimum atomic E-state index is -0.899. The van der Waals surface area contributed by atoms with Crippen molar-refractivity contribution in [1.82, 2.24) is 0 Å². The maximum atomic E-state index is 13.7. The van der Waals surface area contributed by atoms with Crippen LogP contribution >= 0.6 is 0 Å². The summed E-state index contributed by atoms with van der Waals surface area (Å²) in [6, 6.07) is 6.14. The van der Waals surface area contributed by atoms with Gasteiger partial charge in [-0.1, -0.05) is 0 Å². The van der Waals surface area contributed by atoms with E-state index in [0.29, 0.717) is 6.61 Å². The molecule has 1 atom stereocenters. The van der Waals surface area contributed by atoms with Crippen molar-refractivity contribution >= 4 is 11.6 Å². The summed E-state index contributed by atoms with van der Waals surface area (Å²) in [7, 11) is 0. The average molecular weight is 351 g/mol. The first-order chi connectivity index (χ1) is 12.0. The summed E-state index contributed by atoms with van der Waals surface area (Å²) in [6.45, 7) is 0.919. The van der Waals surface area contributed by atoms with Gasteiger partial charge in [-0.15, -0.1) is 0 Å². The molecule has 0 aliphatic carbocycles. The number of halogens is 3. The van der Waals surface area contributed by atoms with E-state index in [1.807, 2.05) is 0 Å². The van der Waals surface area contributed by atoms with Gasteiger partial charge in [-0.05, 0) is 43.2 Å². The molecular weight excluding hydrogens is 335 g/mol. The number of carbonyl (C=O) groups is 1. The van der Waals surface area contributed by atoms with Crippen LogP contribution in [0, 0.1) is 17.5 Å². The average Bonchev–Trinajstić information content (AvgIpc) is 3.10. The molecule has 2 aromatic rings. The van der Waals surface area contributed by atoms with E-state index < -0.39 is 28.9 Å². The molecule has 0 bridgehead atoms. The van der Waals surface area contributed by atoms with Crippen LogP contribution in [0.25, 0.3) is 0 Å². The Morgan fingerprint density at radius 3 is 2.68 bits per heavy atom. The zero-order chi connectivity index (χ0) is 17.8. The van der Waals surface area contributed by atoms with Crippen molar-refractivity contribution in [3.8, 4) is 5.75 Å². The molecular formula is C18H16F3NO3. The molecule has 1 aliphatic heterocycles. The lowest BCUT2D eigenvalue weighted by atomic mass is 10.2. The van der Waals surface area contributed by atoms with Crippen molar-refractivity contribution < 1.29 is 27.4 Å². The summed E-state index contributed by atoms with van der Waals surface area (Å²) in [6.07, 6.45) is 1.74. The first kappa shape index (κ1) is 17.3. The smallest absolute Gasteiger partial charge is 0.258 e. The van der Waals surface area contributed by atoms with E-state index in [9.17, 15) is 18.0 Å². The Bertz CT molecular complexity index is 776. The van der Waals surface area contributed by atoms with Gasteiger partial charge in [-0.2, -0.15) is 0 Å². The highest BCUT2D eigenvalue weighted by molar-refractivity contribution is 6.05. The molecule has 1 amide bonds. The fraction of sp³-hybridized carbons (Fsp3) is 0.278. The predicted octanol–water partition coefficient (Wildman–Crippen LogP) is 3.91. The molecule has 0 radical (unpaired) electrons. The molecule has 0 spiro atoms. The highest BCUT2D eigenvalue weighted by atomic mass is 19.1. The summed E-state index contributed by atoms with van der Waals surface area (Å²) < 4.78 is 51.5. The zero-order valence-corrected chi connectivity index (χ0v) is 13.2.